The number of hydrogen-bond donors (Lipinski definition) is 0. The minimum Gasteiger partial charge on any atom is -0.379 e. The molecule has 0 aromatic carbocycles. The third kappa shape index (κ3) is 2.35. The van der Waals surface area contributed by atoms with Crippen LogP contribution in [-0.2, 0) is 9.63 Å². The number of nitrogens with zero attached hydrogens (tertiary/aromatic N) is 2. The summed E-state index contributed by atoms with van der Waals surface area (Å²) in [5.74, 6) is 0.0833. The summed E-state index contributed by atoms with van der Waals surface area (Å²) in [5, 5.41) is 6.17. The summed E-state index contributed by atoms with van der Waals surface area (Å²) in [6.07, 6.45) is 3.94. The molecule has 3 heterocycles. The molecule has 108 valence electrons. The number of amides is 1. The van der Waals surface area contributed by atoms with Gasteiger partial charge in [0.05, 0.1) is 4.88 Å². The Morgan fingerprint density at radius 1 is 1.55 bits per heavy atom. The molecule has 0 unspecified atom stereocenters. The normalized spacial score (nSPS) is 30.0. The van der Waals surface area contributed by atoms with Gasteiger partial charge in [0.25, 0.3) is 5.91 Å². The van der Waals surface area contributed by atoms with Gasteiger partial charge in [0.2, 0.25) is 5.60 Å². The predicted octanol–water partition coefficient (Wildman–Crippen LogP) is 3.03. The first-order valence-electron chi connectivity index (χ1n) is 7.20. The van der Waals surface area contributed by atoms with E-state index < -0.39 is 5.60 Å². The molecule has 2 aliphatic rings. The molecule has 1 amide bonds. The van der Waals surface area contributed by atoms with E-state index in [1.54, 1.807) is 11.3 Å². The first-order valence-corrected chi connectivity index (χ1v) is 8.08. The molecule has 2 aliphatic heterocycles. The van der Waals surface area contributed by atoms with Gasteiger partial charge in [-0.1, -0.05) is 11.2 Å². The van der Waals surface area contributed by atoms with Crippen LogP contribution >= 0.6 is 11.3 Å². The van der Waals surface area contributed by atoms with Crippen molar-refractivity contribution < 1.29 is 9.63 Å². The van der Waals surface area contributed by atoms with Crippen molar-refractivity contribution >= 4 is 23.0 Å². The Labute approximate surface area is 123 Å². The average molecular weight is 292 g/mol. The van der Waals surface area contributed by atoms with E-state index in [1.807, 2.05) is 29.3 Å². The second-order valence-corrected chi connectivity index (χ2v) is 6.81. The Kier molecular flexibility index (Phi) is 3.54. The van der Waals surface area contributed by atoms with E-state index in [1.165, 1.54) is 6.42 Å². The third-order valence-corrected chi connectivity index (χ3v) is 5.10. The molecule has 0 saturated carbocycles. The summed E-state index contributed by atoms with van der Waals surface area (Å²) in [7, 11) is 0. The van der Waals surface area contributed by atoms with Crippen LogP contribution in [0.4, 0.5) is 0 Å². The number of thiophene rings is 1. The highest BCUT2D eigenvalue weighted by Gasteiger charge is 2.46. The van der Waals surface area contributed by atoms with E-state index in [4.69, 9.17) is 4.84 Å². The highest BCUT2D eigenvalue weighted by molar-refractivity contribution is 7.12. The lowest BCUT2D eigenvalue weighted by Crippen LogP contribution is -2.52. The Morgan fingerprint density at radius 3 is 3.10 bits per heavy atom. The second kappa shape index (κ2) is 5.20. The molecule has 1 aromatic heterocycles. The van der Waals surface area contributed by atoms with Gasteiger partial charge < -0.3 is 9.74 Å². The average Bonchev–Trinajstić information content (AvgIpc) is 3.08. The second-order valence-electron chi connectivity index (χ2n) is 5.86. The maximum absolute atomic E-state index is 12.8. The summed E-state index contributed by atoms with van der Waals surface area (Å²) >= 11 is 1.63. The van der Waals surface area contributed by atoms with Gasteiger partial charge in [-0.25, -0.2) is 0 Å². The number of carbonyl (C=O) groups excluding carboxylic acids is 1. The molecule has 0 radical (unpaired) electrons. The van der Waals surface area contributed by atoms with E-state index in [9.17, 15) is 4.79 Å². The molecule has 0 aliphatic carbocycles. The van der Waals surface area contributed by atoms with E-state index in [0.29, 0.717) is 12.5 Å². The van der Waals surface area contributed by atoms with Gasteiger partial charge in [-0.05, 0) is 44.6 Å². The summed E-state index contributed by atoms with van der Waals surface area (Å²) < 4.78 is 0. The van der Waals surface area contributed by atoms with Gasteiger partial charge in [-0.3, -0.25) is 4.79 Å². The molecule has 3 rings (SSSR count). The van der Waals surface area contributed by atoms with Gasteiger partial charge in [0.15, 0.2) is 0 Å². The Hall–Kier alpha value is -1.36. The quantitative estimate of drug-likeness (QED) is 0.841. The van der Waals surface area contributed by atoms with Crippen molar-refractivity contribution in [1.29, 1.82) is 0 Å². The van der Waals surface area contributed by atoms with Crippen LogP contribution in [-0.4, -0.2) is 34.7 Å². The van der Waals surface area contributed by atoms with Crippen LogP contribution in [0, 0.1) is 0 Å². The number of piperidine rings is 1. The number of likely N-dealkylation sites (tertiary alicyclic amines) is 1. The fourth-order valence-electron chi connectivity index (χ4n) is 2.93. The zero-order valence-corrected chi connectivity index (χ0v) is 12.8. The lowest BCUT2D eigenvalue weighted by atomic mass is 9.94. The van der Waals surface area contributed by atoms with Crippen molar-refractivity contribution in [2.75, 3.05) is 6.54 Å². The molecule has 1 fully saturated rings. The van der Waals surface area contributed by atoms with Crippen LogP contribution in [0.25, 0.3) is 0 Å². The number of rotatable bonds is 2. The lowest BCUT2D eigenvalue weighted by Gasteiger charge is -2.37. The molecule has 1 saturated heterocycles. The van der Waals surface area contributed by atoms with E-state index in [2.05, 4.69) is 12.1 Å². The molecule has 0 bridgehead atoms. The number of carbonyl (C=O) groups is 1. The summed E-state index contributed by atoms with van der Waals surface area (Å²) in [4.78, 5) is 21.4. The maximum Gasteiger partial charge on any atom is 0.269 e. The topological polar surface area (TPSA) is 41.9 Å². The third-order valence-electron chi connectivity index (χ3n) is 4.18. The number of hydrogen-bond acceptors (Lipinski definition) is 4. The zero-order valence-electron chi connectivity index (χ0n) is 12.0. The van der Waals surface area contributed by atoms with Gasteiger partial charge in [0.1, 0.15) is 5.71 Å². The van der Waals surface area contributed by atoms with Crippen LogP contribution in [0.3, 0.4) is 0 Å². The Balaban J connectivity index is 1.73. The minimum absolute atomic E-state index is 0.0833. The summed E-state index contributed by atoms with van der Waals surface area (Å²) in [5.41, 5.74) is 0.0609. The van der Waals surface area contributed by atoms with Crippen LogP contribution in [0.15, 0.2) is 22.7 Å². The fraction of sp³-hybridized carbons (Fsp3) is 0.600. The minimum atomic E-state index is -0.828. The van der Waals surface area contributed by atoms with E-state index in [-0.39, 0.29) is 5.91 Å². The molecule has 2 atom stereocenters. The highest BCUT2D eigenvalue weighted by Crippen LogP contribution is 2.32. The molecule has 20 heavy (non-hydrogen) atoms. The van der Waals surface area contributed by atoms with Crippen molar-refractivity contribution in [1.82, 2.24) is 4.90 Å². The fourth-order valence-corrected chi connectivity index (χ4v) is 3.64. The van der Waals surface area contributed by atoms with Gasteiger partial charge in [-0.2, -0.15) is 0 Å². The van der Waals surface area contributed by atoms with Crippen LogP contribution in [0.5, 0.6) is 0 Å². The van der Waals surface area contributed by atoms with Crippen molar-refractivity contribution in [3.05, 3.63) is 22.4 Å². The summed E-state index contributed by atoms with van der Waals surface area (Å²) in [6, 6.07) is 4.32. The standard InChI is InChI=1S/C15H20N2O2S/c1-11-6-3-4-8-17(11)14(18)15(2)10-12(16-19-15)13-7-5-9-20-13/h5,7,9,11H,3-4,6,8,10H2,1-2H3/t11-,15+/m0/s1. The first-order chi connectivity index (χ1) is 9.60. The monoisotopic (exact) mass is 292 g/mol. The van der Waals surface area contributed by atoms with Gasteiger partial charge >= 0.3 is 0 Å². The Bertz CT molecular complexity index is 526. The molecular weight excluding hydrogens is 272 g/mol. The molecule has 0 N–H and O–H groups in total. The Morgan fingerprint density at radius 2 is 2.40 bits per heavy atom. The lowest BCUT2D eigenvalue weighted by molar-refractivity contribution is -0.156. The van der Waals surface area contributed by atoms with E-state index in [0.717, 1.165) is 30.0 Å². The molecule has 5 heteroatoms. The van der Waals surface area contributed by atoms with Crippen molar-refractivity contribution in [3.63, 3.8) is 0 Å². The largest absolute Gasteiger partial charge is 0.379 e. The molecule has 0 spiro atoms. The van der Waals surface area contributed by atoms with Crippen LogP contribution in [0.2, 0.25) is 0 Å². The zero-order chi connectivity index (χ0) is 14.2. The SMILES string of the molecule is C[C@H]1CCCCN1C(=O)[C@@]1(C)CC(c2cccs2)=NO1. The molecule has 1 aromatic rings. The predicted molar refractivity (Wildman–Crippen MR) is 80.0 cm³/mol. The molecule has 4 nitrogen and oxygen atoms in total. The maximum atomic E-state index is 12.8. The first kappa shape index (κ1) is 13.6. The number of oxime groups is 1. The summed E-state index contributed by atoms with van der Waals surface area (Å²) in [6.45, 7) is 4.82. The smallest absolute Gasteiger partial charge is 0.269 e. The van der Waals surface area contributed by atoms with Gasteiger partial charge in [-0.15, -0.1) is 11.3 Å². The highest BCUT2D eigenvalue weighted by atomic mass is 32.1. The van der Waals surface area contributed by atoms with Crippen molar-refractivity contribution in [2.45, 2.75) is 51.2 Å². The molecular formula is C15H20N2O2S. The van der Waals surface area contributed by atoms with Gasteiger partial charge in [0, 0.05) is 19.0 Å². The van der Waals surface area contributed by atoms with E-state index >= 15 is 0 Å². The van der Waals surface area contributed by atoms with Crippen molar-refractivity contribution in [3.8, 4) is 0 Å². The van der Waals surface area contributed by atoms with Crippen LogP contribution in [0.1, 0.15) is 44.4 Å². The van der Waals surface area contributed by atoms with Crippen molar-refractivity contribution in [2.24, 2.45) is 5.16 Å². The van der Waals surface area contributed by atoms with Crippen LogP contribution < -0.4 is 0 Å².